The molecular weight excluding hydrogens is 390 g/mol. The molecule has 0 aliphatic rings. The van der Waals surface area contributed by atoms with Crippen molar-refractivity contribution in [1.82, 2.24) is 0 Å². The minimum absolute atomic E-state index is 0.0519. The molecule has 0 bridgehead atoms. The summed E-state index contributed by atoms with van der Waals surface area (Å²) in [6.45, 7) is 1.27. The molecule has 0 radical (unpaired) electrons. The number of carbonyl (C=O) groups is 2. The van der Waals surface area contributed by atoms with Gasteiger partial charge in [-0.2, -0.15) is 0 Å². The van der Waals surface area contributed by atoms with Crippen LogP contribution in [0.15, 0.2) is 24.3 Å². The Morgan fingerprint density at radius 1 is 1.29 bits per heavy atom. The van der Waals surface area contributed by atoms with Gasteiger partial charge in [-0.1, -0.05) is 6.07 Å². The van der Waals surface area contributed by atoms with Crippen molar-refractivity contribution in [3.05, 3.63) is 39.2 Å². The highest BCUT2D eigenvalue weighted by Crippen LogP contribution is 2.35. The molecule has 2 aromatic rings. The third kappa shape index (κ3) is 3.49. The summed E-state index contributed by atoms with van der Waals surface area (Å²) in [6, 6.07) is 5.96. The number of hydrogen-bond acceptors (Lipinski definition) is 4. The maximum Gasteiger partial charge on any atom is 0.310 e. The molecule has 0 N–H and O–H groups in total. The highest BCUT2D eigenvalue weighted by atomic mass is 127. The Balaban J connectivity index is 2.67. The molecular formula is C15H12FIO4. The molecule has 110 valence electrons. The van der Waals surface area contributed by atoms with Crippen LogP contribution in [0.3, 0.4) is 0 Å². The van der Waals surface area contributed by atoms with E-state index in [2.05, 4.69) is 4.74 Å². The first-order valence-electron chi connectivity index (χ1n) is 6.08. The Kier molecular flexibility index (Phi) is 4.76. The smallest absolute Gasteiger partial charge is 0.310 e. The van der Waals surface area contributed by atoms with Crippen LogP contribution in [0.2, 0.25) is 0 Å². The van der Waals surface area contributed by atoms with E-state index >= 15 is 0 Å². The molecule has 0 unspecified atom stereocenters. The highest BCUT2D eigenvalue weighted by Gasteiger charge is 2.17. The molecule has 4 nitrogen and oxygen atoms in total. The van der Waals surface area contributed by atoms with Crippen LogP contribution >= 0.6 is 22.6 Å². The van der Waals surface area contributed by atoms with Crippen molar-refractivity contribution in [3.63, 3.8) is 0 Å². The van der Waals surface area contributed by atoms with Crippen LogP contribution in [0.25, 0.3) is 10.8 Å². The zero-order valence-corrected chi connectivity index (χ0v) is 13.6. The molecule has 0 aliphatic heterocycles. The number of carbonyl (C=O) groups excluding carboxylic acids is 2. The Bertz CT molecular complexity index is 727. The monoisotopic (exact) mass is 402 g/mol. The van der Waals surface area contributed by atoms with Crippen molar-refractivity contribution in [3.8, 4) is 5.75 Å². The van der Waals surface area contributed by atoms with Gasteiger partial charge < -0.3 is 9.47 Å². The summed E-state index contributed by atoms with van der Waals surface area (Å²) in [5.41, 5.74) is 0.665. The molecule has 6 heteroatoms. The zero-order valence-electron chi connectivity index (χ0n) is 11.4. The molecule has 0 aromatic heterocycles. The number of fused-ring (bicyclic) bond motifs is 1. The summed E-state index contributed by atoms with van der Waals surface area (Å²) < 4.78 is 23.9. The largest absolute Gasteiger partial charge is 0.469 e. The van der Waals surface area contributed by atoms with Crippen molar-refractivity contribution in [2.24, 2.45) is 0 Å². The fourth-order valence-corrected chi connectivity index (χ4v) is 2.71. The van der Waals surface area contributed by atoms with Gasteiger partial charge in [-0.05, 0) is 51.7 Å². The lowest BCUT2D eigenvalue weighted by molar-refractivity contribution is -0.139. The zero-order chi connectivity index (χ0) is 15.6. The van der Waals surface area contributed by atoms with E-state index in [1.807, 2.05) is 22.6 Å². The van der Waals surface area contributed by atoms with E-state index in [0.717, 1.165) is 0 Å². The lowest BCUT2D eigenvalue weighted by Gasteiger charge is -2.13. The summed E-state index contributed by atoms with van der Waals surface area (Å²) >= 11 is 1.98. The van der Waals surface area contributed by atoms with E-state index in [-0.39, 0.29) is 12.2 Å². The van der Waals surface area contributed by atoms with Gasteiger partial charge in [-0.15, -0.1) is 0 Å². The first-order valence-corrected chi connectivity index (χ1v) is 7.16. The second kappa shape index (κ2) is 6.38. The van der Waals surface area contributed by atoms with E-state index in [1.165, 1.54) is 26.2 Å². The number of esters is 2. The van der Waals surface area contributed by atoms with Gasteiger partial charge in [0.1, 0.15) is 5.82 Å². The average molecular weight is 402 g/mol. The van der Waals surface area contributed by atoms with E-state index in [4.69, 9.17) is 4.74 Å². The molecule has 2 aromatic carbocycles. The summed E-state index contributed by atoms with van der Waals surface area (Å²) in [4.78, 5) is 22.7. The predicted octanol–water partition coefficient (Wildman–Crippen LogP) is 3.22. The van der Waals surface area contributed by atoms with E-state index in [1.54, 1.807) is 12.1 Å². The number of methoxy groups -OCH3 is 1. The molecule has 0 amide bonds. The van der Waals surface area contributed by atoms with Crippen LogP contribution < -0.4 is 4.74 Å². The molecule has 0 atom stereocenters. The number of ether oxygens (including phenoxy) is 2. The van der Waals surface area contributed by atoms with E-state index in [0.29, 0.717) is 19.9 Å². The third-order valence-electron chi connectivity index (χ3n) is 2.88. The SMILES string of the molecule is COC(=O)Cc1cc2ccc(F)cc2c(OC(C)=O)c1I. The number of rotatable bonds is 3. The fraction of sp³-hybridized carbons (Fsp3) is 0.200. The van der Waals surface area contributed by atoms with Crippen LogP contribution in [0.5, 0.6) is 5.75 Å². The number of benzene rings is 2. The Hall–Kier alpha value is -1.70. The van der Waals surface area contributed by atoms with Crippen LogP contribution in [0.1, 0.15) is 12.5 Å². The van der Waals surface area contributed by atoms with Crippen LogP contribution in [0, 0.1) is 9.39 Å². The van der Waals surface area contributed by atoms with Crippen LogP contribution in [-0.2, 0) is 20.7 Å². The van der Waals surface area contributed by atoms with Gasteiger partial charge in [0.25, 0.3) is 0 Å². The lowest BCUT2D eigenvalue weighted by Crippen LogP contribution is -2.09. The van der Waals surface area contributed by atoms with E-state index in [9.17, 15) is 14.0 Å². The quantitative estimate of drug-likeness (QED) is 0.450. The van der Waals surface area contributed by atoms with Gasteiger partial charge in [0.15, 0.2) is 5.75 Å². The first kappa shape index (κ1) is 15.7. The van der Waals surface area contributed by atoms with Crippen LogP contribution in [-0.4, -0.2) is 19.0 Å². The Morgan fingerprint density at radius 3 is 2.62 bits per heavy atom. The maximum atomic E-state index is 13.4. The highest BCUT2D eigenvalue weighted by molar-refractivity contribution is 14.1. The molecule has 2 rings (SSSR count). The molecule has 21 heavy (non-hydrogen) atoms. The average Bonchev–Trinajstić information content (AvgIpc) is 2.43. The van der Waals surface area contributed by atoms with Gasteiger partial charge in [0.05, 0.1) is 17.1 Å². The van der Waals surface area contributed by atoms with Gasteiger partial charge in [0, 0.05) is 12.3 Å². The van der Waals surface area contributed by atoms with Crippen molar-refractivity contribution in [2.45, 2.75) is 13.3 Å². The normalized spacial score (nSPS) is 10.5. The molecule has 0 saturated carbocycles. The standard InChI is InChI=1S/C15H12FIO4/c1-8(18)21-15-12-7-11(16)4-3-9(12)5-10(14(15)17)6-13(19)20-2/h3-5,7H,6H2,1-2H3. The predicted molar refractivity (Wildman–Crippen MR) is 83.7 cm³/mol. The second-order valence-corrected chi connectivity index (χ2v) is 5.47. The summed E-state index contributed by atoms with van der Waals surface area (Å²) in [5.74, 6) is -1.07. The maximum absolute atomic E-state index is 13.4. The van der Waals surface area contributed by atoms with Gasteiger partial charge in [-0.3, -0.25) is 9.59 Å². The van der Waals surface area contributed by atoms with Gasteiger partial charge in [-0.25, -0.2) is 4.39 Å². The van der Waals surface area contributed by atoms with E-state index < -0.39 is 17.8 Å². The Morgan fingerprint density at radius 2 is 2.00 bits per heavy atom. The fourth-order valence-electron chi connectivity index (χ4n) is 1.97. The Labute approximate surface area is 134 Å². The topological polar surface area (TPSA) is 52.6 Å². The van der Waals surface area contributed by atoms with Gasteiger partial charge >= 0.3 is 11.9 Å². The molecule has 0 saturated heterocycles. The van der Waals surface area contributed by atoms with Gasteiger partial charge in [0.2, 0.25) is 0 Å². The lowest BCUT2D eigenvalue weighted by atomic mass is 10.0. The van der Waals surface area contributed by atoms with Crippen molar-refractivity contribution in [2.75, 3.05) is 7.11 Å². The number of hydrogen-bond donors (Lipinski definition) is 0. The van der Waals surface area contributed by atoms with Crippen molar-refractivity contribution in [1.29, 1.82) is 0 Å². The third-order valence-corrected chi connectivity index (χ3v) is 4.06. The molecule has 0 spiro atoms. The molecule has 0 aliphatic carbocycles. The minimum atomic E-state index is -0.506. The molecule has 0 heterocycles. The first-order chi connectivity index (χ1) is 9.92. The molecule has 0 fully saturated rings. The minimum Gasteiger partial charge on any atom is -0.469 e. The second-order valence-electron chi connectivity index (χ2n) is 4.39. The summed E-state index contributed by atoms with van der Waals surface area (Å²) in [5, 5.41) is 1.18. The summed E-state index contributed by atoms with van der Waals surface area (Å²) in [7, 11) is 1.30. The summed E-state index contributed by atoms with van der Waals surface area (Å²) in [6.07, 6.45) is 0.0519. The van der Waals surface area contributed by atoms with Crippen LogP contribution in [0.4, 0.5) is 4.39 Å². The number of halogens is 2. The van der Waals surface area contributed by atoms with Crippen molar-refractivity contribution < 1.29 is 23.5 Å². The van der Waals surface area contributed by atoms with Crippen molar-refractivity contribution >= 4 is 45.3 Å².